The van der Waals surface area contributed by atoms with Gasteiger partial charge in [0.1, 0.15) is 0 Å². The number of aliphatic carboxylic acids is 1. The number of carbonyl (C=O) groups excluding carboxylic acids is 1. The number of benzene rings is 1. The van der Waals surface area contributed by atoms with E-state index in [-0.39, 0.29) is 29.6 Å². The van der Waals surface area contributed by atoms with Gasteiger partial charge >= 0.3 is 29.6 Å². The van der Waals surface area contributed by atoms with Crippen LogP contribution >= 0.6 is 0 Å². The van der Waals surface area contributed by atoms with Crippen molar-refractivity contribution in [3.05, 3.63) is 41.0 Å². The van der Waals surface area contributed by atoms with Crippen LogP contribution in [0.3, 0.4) is 0 Å². The summed E-state index contributed by atoms with van der Waals surface area (Å²) in [5.41, 5.74) is 3.23. The molecule has 0 aliphatic heterocycles. The average molecular weight is 198 g/mol. The maximum atomic E-state index is 10.1. The SMILES string of the molecule is Cc1ccc(/C=C/C(=O)[O-])cc1C.[Na+]. The molecule has 0 radical (unpaired) electrons. The molecule has 2 nitrogen and oxygen atoms in total. The third kappa shape index (κ3) is 4.09. The summed E-state index contributed by atoms with van der Waals surface area (Å²) in [4.78, 5) is 10.1. The Hall–Kier alpha value is -0.570. The molecule has 0 N–H and O–H groups in total. The van der Waals surface area contributed by atoms with Crippen molar-refractivity contribution in [3.63, 3.8) is 0 Å². The monoisotopic (exact) mass is 198 g/mol. The fourth-order valence-corrected chi connectivity index (χ4v) is 1.03. The van der Waals surface area contributed by atoms with Crippen molar-refractivity contribution in [2.45, 2.75) is 13.8 Å². The molecule has 14 heavy (non-hydrogen) atoms. The molecule has 1 aromatic carbocycles. The molecule has 0 heterocycles. The van der Waals surface area contributed by atoms with E-state index in [0.717, 1.165) is 17.2 Å². The van der Waals surface area contributed by atoms with Gasteiger partial charge in [0.15, 0.2) is 0 Å². The molecular weight excluding hydrogens is 187 g/mol. The molecule has 0 aromatic heterocycles. The summed E-state index contributed by atoms with van der Waals surface area (Å²) < 4.78 is 0. The van der Waals surface area contributed by atoms with Gasteiger partial charge in [-0.2, -0.15) is 0 Å². The van der Waals surface area contributed by atoms with Crippen LogP contribution in [0.5, 0.6) is 0 Å². The smallest absolute Gasteiger partial charge is 0.545 e. The van der Waals surface area contributed by atoms with Gasteiger partial charge in [-0.25, -0.2) is 0 Å². The standard InChI is InChI=1S/C11H12O2.Na/c1-8-3-4-10(7-9(8)2)5-6-11(12)13;/h3-7H,1-2H3,(H,12,13);/q;+1/p-1/b6-5+;. The maximum absolute atomic E-state index is 10.1. The van der Waals surface area contributed by atoms with Gasteiger partial charge in [-0.1, -0.05) is 24.3 Å². The van der Waals surface area contributed by atoms with E-state index >= 15 is 0 Å². The molecule has 1 aromatic rings. The topological polar surface area (TPSA) is 40.1 Å². The molecule has 0 aliphatic rings. The summed E-state index contributed by atoms with van der Waals surface area (Å²) in [6.45, 7) is 4.01. The Bertz CT molecular complexity index is 356. The minimum Gasteiger partial charge on any atom is -0.545 e. The van der Waals surface area contributed by atoms with Crippen LogP contribution in [0, 0.1) is 13.8 Å². The van der Waals surface area contributed by atoms with E-state index in [1.807, 2.05) is 32.0 Å². The number of carboxylic acid groups (broad SMARTS) is 1. The van der Waals surface area contributed by atoms with Crippen molar-refractivity contribution in [1.29, 1.82) is 0 Å². The minimum absolute atomic E-state index is 0. The molecule has 0 aliphatic carbocycles. The minimum atomic E-state index is -1.17. The quantitative estimate of drug-likeness (QED) is 0.410. The van der Waals surface area contributed by atoms with Gasteiger partial charge in [-0.05, 0) is 36.6 Å². The summed E-state index contributed by atoms with van der Waals surface area (Å²) in [5, 5.41) is 10.1. The summed E-state index contributed by atoms with van der Waals surface area (Å²) in [5.74, 6) is -1.17. The zero-order valence-electron chi connectivity index (χ0n) is 8.70. The van der Waals surface area contributed by atoms with Gasteiger partial charge in [0.05, 0.1) is 5.97 Å². The number of hydrogen-bond acceptors (Lipinski definition) is 2. The van der Waals surface area contributed by atoms with E-state index in [1.54, 1.807) is 0 Å². The Morgan fingerprint density at radius 2 is 1.93 bits per heavy atom. The number of carboxylic acids is 1. The van der Waals surface area contributed by atoms with Gasteiger partial charge in [-0.15, -0.1) is 0 Å². The van der Waals surface area contributed by atoms with Crippen molar-refractivity contribution in [1.82, 2.24) is 0 Å². The molecule has 0 spiro atoms. The normalized spacial score (nSPS) is 9.86. The summed E-state index contributed by atoms with van der Waals surface area (Å²) in [7, 11) is 0. The molecular formula is C11H11NaO2. The predicted octanol–water partition coefficient (Wildman–Crippen LogP) is -1.93. The zero-order chi connectivity index (χ0) is 9.84. The third-order valence-electron chi connectivity index (χ3n) is 1.94. The first-order valence-corrected chi connectivity index (χ1v) is 4.06. The van der Waals surface area contributed by atoms with Crippen LogP contribution in [0.2, 0.25) is 0 Å². The van der Waals surface area contributed by atoms with Crippen molar-refractivity contribution in [3.8, 4) is 0 Å². The molecule has 0 unspecified atom stereocenters. The first-order chi connectivity index (χ1) is 6.09. The summed E-state index contributed by atoms with van der Waals surface area (Å²) >= 11 is 0. The van der Waals surface area contributed by atoms with Crippen LogP contribution < -0.4 is 34.7 Å². The largest absolute Gasteiger partial charge is 1.00 e. The van der Waals surface area contributed by atoms with Crippen LogP contribution in [0.1, 0.15) is 16.7 Å². The van der Waals surface area contributed by atoms with Gasteiger partial charge in [0.2, 0.25) is 0 Å². The predicted molar refractivity (Wildman–Crippen MR) is 50.0 cm³/mol. The number of carbonyl (C=O) groups is 1. The number of aryl methyl sites for hydroxylation is 2. The maximum Gasteiger partial charge on any atom is 1.00 e. The van der Waals surface area contributed by atoms with Gasteiger partial charge in [0.25, 0.3) is 0 Å². The van der Waals surface area contributed by atoms with Gasteiger partial charge < -0.3 is 9.90 Å². The first-order valence-electron chi connectivity index (χ1n) is 4.06. The van der Waals surface area contributed by atoms with E-state index < -0.39 is 5.97 Å². The van der Waals surface area contributed by atoms with Gasteiger partial charge in [0, 0.05) is 0 Å². The third-order valence-corrected chi connectivity index (χ3v) is 1.94. The van der Waals surface area contributed by atoms with Crippen molar-refractivity contribution >= 4 is 12.0 Å². The molecule has 1 rings (SSSR count). The van der Waals surface area contributed by atoms with Crippen molar-refractivity contribution in [2.24, 2.45) is 0 Å². The second-order valence-electron chi connectivity index (χ2n) is 3.00. The number of hydrogen-bond donors (Lipinski definition) is 0. The van der Waals surface area contributed by atoms with Crippen molar-refractivity contribution in [2.75, 3.05) is 0 Å². The average Bonchev–Trinajstić information content (AvgIpc) is 2.07. The fraction of sp³-hybridized carbons (Fsp3) is 0.182. The molecule has 0 saturated heterocycles. The van der Waals surface area contributed by atoms with E-state index in [2.05, 4.69) is 0 Å². The number of rotatable bonds is 2. The summed E-state index contributed by atoms with van der Waals surface area (Å²) in [6.07, 6.45) is 2.56. The molecule has 3 heteroatoms. The van der Waals surface area contributed by atoms with Crippen LogP contribution in [0.25, 0.3) is 6.08 Å². The molecule has 0 bridgehead atoms. The Balaban J connectivity index is 0.00000169. The van der Waals surface area contributed by atoms with Crippen LogP contribution in [0.15, 0.2) is 24.3 Å². The van der Waals surface area contributed by atoms with E-state index in [9.17, 15) is 9.90 Å². The molecule has 0 saturated carbocycles. The Morgan fingerprint density at radius 3 is 2.43 bits per heavy atom. The molecule has 0 fully saturated rings. The van der Waals surface area contributed by atoms with E-state index in [4.69, 9.17) is 0 Å². The van der Waals surface area contributed by atoms with Crippen molar-refractivity contribution < 1.29 is 39.5 Å². The van der Waals surface area contributed by atoms with Crippen LogP contribution in [-0.4, -0.2) is 5.97 Å². The van der Waals surface area contributed by atoms with E-state index in [1.165, 1.54) is 11.6 Å². The summed E-state index contributed by atoms with van der Waals surface area (Å²) in [6, 6.07) is 5.78. The Labute approximate surface area is 106 Å². The van der Waals surface area contributed by atoms with Crippen LogP contribution in [-0.2, 0) is 4.79 Å². The zero-order valence-corrected chi connectivity index (χ0v) is 10.7. The van der Waals surface area contributed by atoms with Crippen LogP contribution in [0.4, 0.5) is 0 Å². The first kappa shape index (κ1) is 13.4. The Kier molecular flexibility index (Phi) is 5.77. The second-order valence-corrected chi connectivity index (χ2v) is 3.00. The van der Waals surface area contributed by atoms with E-state index in [0.29, 0.717) is 0 Å². The molecule has 0 amide bonds. The molecule has 68 valence electrons. The second kappa shape index (κ2) is 6.02. The molecule has 0 atom stereocenters. The Morgan fingerprint density at radius 1 is 1.29 bits per heavy atom. The fourth-order valence-electron chi connectivity index (χ4n) is 1.03. The van der Waals surface area contributed by atoms with Gasteiger partial charge in [-0.3, -0.25) is 0 Å².